The van der Waals surface area contributed by atoms with E-state index in [1.54, 1.807) is 24.3 Å². The zero-order chi connectivity index (χ0) is 19.8. The molecule has 2 rings (SSSR count). The molecule has 0 aliphatic heterocycles. The molecule has 0 radical (unpaired) electrons. The second-order valence-corrected chi connectivity index (χ2v) is 5.82. The van der Waals surface area contributed by atoms with Crippen LogP contribution in [0.1, 0.15) is 41.7 Å². The number of carbonyl (C=O) groups excluding carboxylic acids is 1. The third-order valence-corrected chi connectivity index (χ3v) is 3.78. The quantitative estimate of drug-likeness (QED) is 0.515. The molecular formula is C19H20N2O6. The molecule has 0 aliphatic rings. The number of carboxylic acid groups (broad SMARTS) is 1. The molecule has 0 fully saturated rings. The number of nitrogens with one attached hydrogen (secondary N) is 1. The van der Waals surface area contributed by atoms with Crippen molar-refractivity contribution in [1.82, 2.24) is 5.32 Å². The van der Waals surface area contributed by atoms with Crippen LogP contribution in [0.15, 0.2) is 48.5 Å². The summed E-state index contributed by atoms with van der Waals surface area (Å²) in [7, 11) is 0. The van der Waals surface area contributed by atoms with Gasteiger partial charge in [0.15, 0.2) is 0 Å². The van der Waals surface area contributed by atoms with Gasteiger partial charge >= 0.3 is 5.97 Å². The number of nitrogens with zero attached hydrogens (tertiary/aromatic N) is 1. The molecule has 0 aromatic heterocycles. The summed E-state index contributed by atoms with van der Waals surface area (Å²) in [5.41, 5.74) is 0.0985. The number of nitro groups is 1. The fourth-order valence-corrected chi connectivity index (χ4v) is 2.50. The predicted molar refractivity (Wildman–Crippen MR) is 97.8 cm³/mol. The maximum atomic E-state index is 12.5. The van der Waals surface area contributed by atoms with Crippen molar-refractivity contribution in [2.75, 3.05) is 6.61 Å². The molecular weight excluding hydrogens is 352 g/mol. The van der Waals surface area contributed by atoms with Gasteiger partial charge in [-0.15, -0.1) is 0 Å². The summed E-state index contributed by atoms with van der Waals surface area (Å²) in [5, 5.41) is 22.8. The van der Waals surface area contributed by atoms with E-state index >= 15 is 0 Å². The van der Waals surface area contributed by atoms with Crippen LogP contribution in [-0.2, 0) is 4.79 Å². The molecule has 2 aromatic carbocycles. The summed E-state index contributed by atoms with van der Waals surface area (Å²) in [6.45, 7) is 2.54. The number of carbonyl (C=O) groups is 2. The number of benzene rings is 2. The molecule has 0 heterocycles. The van der Waals surface area contributed by atoms with Gasteiger partial charge in [0.25, 0.3) is 11.6 Å². The molecule has 0 bridgehead atoms. The van der Waals surface area contributed by atoms with Crippen molar-refractivity contribution in [1.29, 1.82) is 0 Å². The van der Waals surface area contributed by atoms with Crippen LogP contribution in [0.25, 0.3) is 0 Å². The van der Waals surface area contributed by atoms with E-state index < -0.39 is 22.8 Å². The Balaban J connectivity index is 2.23. The first-order valence-electron chi connectivity index (χ1n) is 8.41. The summed E-state index contributed by atoms with van der Waals surface area (Å²) in [6, 6.07) is 11.4. The third kappa shape index (κ3) is 5.53. The van der Waals surface area contributed by atoms with Crippen molar-refractivity contribution in [2.24, 2.45) is 0 Å². The van der Waals surface area contributed by atoms with Crippen LogP contribution in [0.5, 0.6) is 5.75 Å². The van der Waals surface area contributed by atoms with Crippen molar-refractivity contribution in [3.05, 3.63) is 69.8 Å². The largest absolute Gasteiger partial charge is 0.494 e. The van der Waals surface area contributed by atoms with E-state index in [4.69, 9.17) is 9.84 Å². The number of para-hydroxylation sites is 1. The minimum atomic E-state index is -1.10. The molecule has 8 nitrogen and oxygen atoms in total. The summed E-state index contributed by atoms with van der Waals surface area (Å²) < 4.78 is 5.48. The van der Waals surface area contributed by atoms with Crippen LogP contribution in [0.3, 0.4) is 0 Å². The first-order valence-corrected chi connectivity index (χ1v) is 8.41. The monoisotopic (exact) mass is 372 g/mol. The highest BCUT2D eigenvalue weighted by Gasteiger charge is 2.24. The lowest BCUT2D eigenvalue weighted by Crippen LogP contribution is -2.30. The minimum absolute atomic E-state index is 0.124. The van der Waals surface area contributed by atoms with Gasteiger partial charge in [-0.3, -0.25) is 19.7 Å². The SMILES string of the molecule is CCCOc1ccc([C@H](CC(=O)O)NC(=O)c2ccccc2[N+](=O)[O-])cc1. The molecule has 8 heteroatoms. The minimum Gasteiger partial charge on any atom is -0.494 e. The topological polar surface area (TPSA) is 119 Å². The Bertz CT molecular complexity index is 819. The average Bonchev–Trinajstić information content (AvgIpc) is 2.65. The first-order chi connectivity index (χ1) is 12.9. The van der Waals surface area contributed by atoms with Gasteiger partial charge in [0, 0.05) is 6.07 Å². The Morgan fingerprint density at radius 3 is 2.44 bits per heavy atom. The lowest BCUT2D eigenvalue weighted by molar-refractivity contribution is -0.385. The number of amides is 1. The fraction of sp³-hybridized carbons (Fsp3) is 0.263. The first kappa shape index (κ1) is 19.9. The Hall–Kier alpha value is -3.42. The van der Waals surface area contributed by atoms with Gasteiger partial charge in [-0.25, -0.2) is 0 Å². The molecule has 142 valence electrons. The maximum Gasteiger partial charge on any atom is 0.305 e. The molecule has 27 heavy (non-hydrogen) atoms. The lowest BCUT2D eigenvalue weighted by atomic mass is 10.0. The van der Waals surface area contributed by atoms with E-state index in [1.807, 2.05) is 6.92 Å². The third-order valence-electron chi connectivity index (χ3n) is 3.78. The molecule has 2 aromatic rings. The Morgan fingerprint density at radius 2 is 1.85 bits per heavy atom. The summed E-state index contributed by atoms with van der Waals surface area (Å²) >= 11 is 0. The highest BCUT2D eigenvalue weighted by molar-refractivity contribution is 5.98. The van der Waals surface area contributed by atoms with Crippen LogP contribution in [0.4, 0.5) is 5.69 Å². The second kappa shape index (κ2) is 9.33. The molecule has 0 saturated carbocycles. The van der Waals surface area contributed by atoms with Gasteiger partial charge in [-0.2, -0.15) is 0 Å². The molecule has 0 saturated heterocycles. The lowest BCUT2D eigenvalue weighted by Gasteiger charge is -2.18. The standard InChI is InChI=1S/C19H20N2O6/c1-2-11-27-14-9-7-13(8-10-14)16(12-18(22)23)20-19(24)15-5-3-4-6-17(15)21(25)26/h3-10,16H,2,11-12H2,1H3,(H,20,24)(H,22,23)/t16-/m0/s1. The molecule has 0 unspecified atom stereocenters. The van der Waals surface area contributed by atoms with E-state index in [1.165, 1.54) is 24.3 Å². The normalized spacial score (nSPS) is 11.4. The van der Waals surface area contributed by atoms with E-state index in [-0.39, 0.29) is 17.7 Å². The van der Waals surface area contributed by atoms with Crippen LogP contribution in [-0.4, -0.2) is 28.5 Å². The van der Waals surface area contributed by atoms with Crippen molar-refractivity contribution in [3.63, 3.8) is 0 Å². The Labute approximate surface area is 155 Å². The van der Waals surface area contributed by atoms with E-state index in [9.17, 15) is 19.7 Å². The maximum absolute atomic E-state index is 12.5. The molecule has 0 aliphatic carbocycles. The van der Waals surface area contributed by atoms with Gasteiger partial charge in [0.2, 0.25) is 0 Å². The molecule has 2 N–H and O–H groups in total. The smallest absolute Gasteiger partial charge is 0.305 e. The van der Waals surface area contributed by atoms with Crippen LogP contribution < -0.4 is 10.1 Å². The Kier molecular flexibility index (Phi) is 6.87. The van der Waals surface area contributed by atoms with Crippen molar-refractivity contribution >= 4 is 17.6 Å². The van der Waals surface area contributed by atoms with E-state index in [0.29, 0.717) is 17.9 Å². The zero-order valence-electron chi connectivity index (χ0n) is 14.8. The average molecular weight is 372 g/mol. The van der Waals surface area contributed by atoms with Crippen molar-refractivity contribution in [3.8, 4) is 5.75 Å². The number of carboxylic acids is 1. The second-order valence-electron chi connectivity index (χ2n) is 5.82. The fourth-order valence-electron chi connectivity index (χ4n) is 2.50. The Morgan fingerprint density at radius 1 is 1.19 bits per heavy atom. The highest BCUT2D eigenvalue weighted by atomic mass is 16.6. The van der Waals surface area contributed by atoms with E-state index in [0.717, 1.165) is 6.42 Å². The van der Waals surface area contributed by atoms with Gasteiger partial charge in [-0.1, -0.05) is 31.2 Å². The predicted octanol–water partition coefficient (Wildman–Crippen LogP) is 3.33. The van der Waals surface area contributed by atoms with Crippen LogP contribution >= 0.6 is 0 Å². The van der Waals surface area contributed by atoms with Crippen molar-refractivity contribution < 1.29 is 24.4 Å². The summed E-state index contributed by atoms with van der Waals surface area (Å²) in [6.07, 6.45) is 0.497. The van der Waals surface area contributed by atoms with Gasteiger partial charge < -0.3 is 15.2 Å². The van der Waals surface area contributed by atoms with Crippen LogP contribution in [0, 0.1) is 10.1 Å². The van der Waals surface area contributed by atoms with Crippen molar-refractivity contribution in [2.45, 2.75) is 25.8 Å². The summed E-state index contributed by atoms with van der Waals surface area (Å²) in [4.78, 5) is 34.2. The molecule has 1 amide bonds. The number of rotatable bonds is 9. The van der Waals surface area contributed by atoms with Gasteiger partial charge in [0.05, 0.1) is 24.0 Å². The molecule has 1 atom stereocenters. The number of hydrogen-bond donors (Lipinski definition) is 2. The number of nitro benzene ring substituents is 1. The highest BCUT2D eigenvalue weighted by Crippen LogP contribution is 2.23. The van der Waals surface area contributed by atoms with Gasteiger partial charge in [0.1, 0.15) is 11.3 Å². The zero-order valence-corrected chi connectivity index (χ0v) is 14.8. The number of aliphatic carboxylic acids is 1. The number of ether oxygens (including phenoxy) is 1. The van der Waals surface area contributed by atoms with Gasteiger partial charge in [-0.05, 0) is 30.2 Å². The summed E-state index contributed by atoms with van der Waals surface area (Å²) in [5.74, 6) is -1.17. The van der Waals surface area contributed by atoms with Crippen LogP contribution in [0.2, 0.25) is 0 Å². The van der Waals surface area contributed by atoms with E-state index in [2.05, 4.69) is 5.32 Å². The molecule has 0 spiro atoms. The number of hydrogen-bond acceptors (Lipinski definition) is 5.